The summed E-state index contributed by atoms with van der Waals surface area (Å²) >= 11 is 6.13. The van der Waals surface area contributed by atoms with Crippen LogP contribution in [0.5, 0.6) is 5.75 Å². The number of rotatable bonds is 9. The lowest BCUT2D eigenvalue weighted by atomic mass is 10.1. The van der Waals surface area contributed by atoms with E-state index in [4.69, 9.17) is 16.3 Å². The van der Waals surface area contributed by atoms with Gasteiger partial charge in [0, 0.05) is 17.1 Å². The van der Waals surface area contributed by atoms with Crippen molar-refractivity contribution in [2.24, 2.45) is 0 Å². The third kappa shape index (κ3) is 6.25. The number of aryl methyl sites for hydroxylation is 1. The largest absolute Gasteiger partial charge is 0.489 e. The number of hydrogen-bond acceptors (Lipinski definition) is 2. The van der Waals surface area contributed by atoms with Gasteiger partial charge >= 0.3 is 0 Å². The minimum Gasteiger partial charge on any atom is -0.489 e. The van der Waals surface area contributed by atoms with Crippen LogP contribution >= 0.6 is 11.6 Å². The van der Waals surface area contributed by atoms with Crippen LogP contribution in [-0.4, -0.2) is 6.54 Å². The van der Waals surface area contributed by atoms with E-state index in [1.54, 1.807) is 0 Å². The van der Waals surface area contributed by atoms with Crippen LogP contribution < -0.4 is 10.1 Å². The van der Waals surface area contributed by atoms with E-state index in [-0.39, 0.29) is 0 Å². The second kappa shape index (κ2) is 9.59. The van der Waals surface area contributed by atoms with Crippen molar-refractivity contribution in [3.63, 3.8) is 0 Å². The SMILES string of the molecule is CCCCCNCc1cc(Cl)ccc1OCc1ccc(C)cc1. The molecule has 0 aliphatic heterocycles. The van der Waals surface area contributed by atoms with Crippen LogP contribution in [0.25, 0.3) is 0 Å². The van der Waals surface area contributed by atoms with E-state index in [1.807, 2.05) is 18.2 Å². The number of ether oxygens (including phenoxy) is 1. The monoisotopic (exact) mass is 331 g/mol. The van der Waals surface area contributed by atoms with Gasteiger partial charge in [-0.3, -0.25) is 0 Å². The molecule has 124 valence electrons. The fraction of sp³-hybridized carbons (Fsp3) is 0.400. The number of benzene rings is 2. The van der Waals surface area contributed by atoms with Crippen molar-refractivity contribution in [3.05, 3.63) is 64.2 Å². The molecule has 0 fully saturated rings. The van der Waals surface area contributed by atoms with Gasteiger partial charge in [-0.15, -0.1) is 0 Å². The highest BCUT2D eigenvalue weighted by Gasteiger charge is 2.05. The van der Waals surface area contributed by atoms with Crippen molar-refractivity contribution >= 4 is 11.6 Å². The molecule has 2 nitrogen and oxygen atoms in total. The lowest BCUT2D eigenvalue weighted by Crippen LogP contribution is -2.15. The quantitative estimate of drug-likeness (QED) is 0.612. The van der Waals surface area contributed by atoms with Gasteiger partial charge in [-0.1, -0.05) is 61.2 Å². The van der Waals surface area contributed by atoms with Gasteiger partial charge in [0.2, 0.25) is 0 Å². The number of nitrogens with one attached hydrogen (secondary N) is 1. The molecule has 2 aromatic carbocycles. The maximum Gasteiger partial charge on any atom is 0.124 e. The van der Waals surface area contributed by atoms with E-state index in [0.29, 0.717) is 6.61 Å². The summed E-state index contributed by atoms with van der Waals surface area (Å²) in [5.41, 5.74) is 3.55. The molecule has 0 radical (unpaired) electrons. The van der Waals surface area contributed by atoms with Crippen LogP contribution in [0.1, 0.15) is 42.9 Å². The van der Waals surface area contributed by atoms with Gasteiger partial charge in [0.1, 0.15) is 12.4 Å². The van der Waals surface area contributed by atoms with E-state index in [9.17, 15) is 0 Å². The molecule has 0 aromatic heterocycles. The highest BCUT2D eigenvalue weighted by Crippen LogP contribution is 2.24. The summed E-state index contributed by atoms with van der Waals surface area (Å²) in [6, 6.07) is 14.3. The maximum absolute atomic E-state index is 6.13. The van der Waals surface area contributed by atoms with Crippen molar-refractivity contribution in [2.45, 2.75) is 46.3 Å². The van der Waals surface area contributed by atoms with Gasteiger partial charge in [0.15, 0.2) is 0 Å². The second-order valence-corrected chi connectivity index (χ2v) is 6.35. The molecule has 1 N–H and O–H groups in total. The smallest absolute Gasteiger partial charge is 0.124 e. The van der Waals surface area contributed by atoms with Crippen LogP contribution in [-0.2, 0) is 13.2 Å². The van der Waals surface area contributed by atoms with E-state index >= 15 is 0 Å². The summed E-state index contributed by atoms with van der Waals surface area (Å²) in [5.74, 6) is 0.901. The van der Waals surface area contributed by atoms with Gasteiger partial charge in [0.25, 0.3) is 0 Å². The Bertz CT molecular complexity index is 595. The number of unbranched alkanes of at least 4 members (excludes halogenated alkanes) is 2. The molecule has 2 rings (SSSR count). The molecule has 0 aliphatic rings. The number of hydrogen-bond donors (Lipinski definition) is 1. The molecule has 0 spiro atoms. The average Bonchev–Trinajstić information content (AvgIpc) is 2.55. The third-order valence-electron chi connectivity index (χ3n) is 3.81. The Morgan fingerprint density at radius 2 is 1.83 bits per heavy atom. The van der Waals surface area contributed by atoms with Crippen molar-refractivity contribution < 1.29 is 4.74 Å². The first-order valence-electron chi connectivity index (χ1n) is 8.36. The fourth-order valence-corrected chi connectivity index (χ4v) is 2.59. The normalized spacial score (nSPS) is 10.7. The van der Waals surface area contributed by atoms with E-state index < -0.39 is 0 Å². The second-order valence-electron chi connectivity index (χ2n) is 5.91. The van der Waals surface area contributed by atoms with E-state index in [1.165, 1.54) is 30.4 Å². The highest BCUT2D eigenvalue weighted by molar-refractivity contribution is 6.30. The van der Waals surface area contributed by atoms with Crippen LogP contribution in [0.2, 0.25) is 5.02 Å². The van der Waals surface area contributed by atoms with Gasteiger partial charge in [-0.05, 0) is 43.7 Å². The zero-order valence-corrected chi connectivity index (χ0v) is 14.8. The van der Waals surface area contributed by atoms with Crippen molar-refractivity contribution in [2.75, 3.05) is 6.54 Å². The zero-order valence-electron chi connectivity index (χ0n) is 14.1. The Kier molecular flexibility index (Phi) is 7.44. The van der Waals surface area contributed by atoms with Crippen LogP contribution in [0.15, 0.2) is 42.5 Å². The molecule has 0 saturated carbocycles. The molecule has 0 heterocycles. The Balaban J connectivity index is 1.93. The Hall–Kier alpha value is -1.51. The molecule has 0 atom stereocenters. The van der Waals surface area contributed by atoms with E-state index in [2.05, 4.69) is 43.4 Å². The molecule has 0 saturated heterocycles. The van der Waals surface area contributed by atoms with Gasteiger partial charge in [0.05, 0.1) is 0 Å². The minimum absolute atomic E-state index is 0.574. The molecule has 0 bridgehead atoms. The predicted octanol–water partition coefficient (Wildman–Crippen LogP) is 5.51. The molecule has 0 aliphatic carbocycles. The van der Waals surface area contributed by atoms with E-state index in [0.717, 1.165) is 29.4 Å². The fourth-order valence-electron chi connectivity index (χ4n) is 2.40. The lowest BCUT2D eigenvalue weighted by molar-refractivity contribution is 0.302. The van der Waals surface area contributed by atoms with Crippen molar-refractivity contribution in [3.8, 4) is 5.75 Å². The summed E-state index contributed by atoms with van der Waals surface area (Å²) in [5, 5.41) is 4.22. The van der Waals surface area contributed by atoms with Crippen LogP contribution in [0.4, 0.5) is 0 Å². The summed E-state index contributed by atoms with van der Waals surface area (Å²) < 4.78 is 6.00. The van der Waals surface area contributed by atoms with Crippen LogP contribution in [0, 0.1) is 6.92 Å². The van der Waals surface area contributed by atoms with Gasteiger partial charge < -0.3 is 10.1 Å². The van der Waals surface area contributed by atoms with Crippen molar-refractivity contribution in [1.29, 1.82) is 0 Å². The Morgan fingerprint density at radius 1 is 1.04 bits per heavy atom. The van der Waals surface area contributed by atoms with Crippen molar-refractivity contribution in [1.82, 2.24) is 5.32 Å². The predicted molar refractivity (Wildman–Crippen MR) is 98.2 cm³/mol. The molecular weight excluding hydrogens is 306 g/mol. The summed E-state index contributed by atoms with van der Waals surface area (Å²) in [7, 11) is 0. The summed E-state index contributed by atoms with van der Waals surface area (Å²) in [4.78, 5) is 0. The molecular formula is C20H26ClNO. The summed E-state index contributed by atoms with van der Waals surface area (Å²) in [6.45, 7) is 6.69. The topological polar surface area (TPSA) is 21.3 Å². The molecule has 0 unspecified atom stereocenters. The lowest BCUT2D eigenvalue weighted by Gasteiger charge is -2.13. The first-order chi connectivity index (χ1) is 11.2. The molecule has 0 amide bonds. The molecule has 2 aromatic rings. The molecule has 23 heavy (non-hydrogen) atoms. The van der Waals surface area contributed by atoms with Crippen LogP contribution in [0.3, 0.4) is 0 Å². The minimum atomic E-state index is 0.574. The zero-order chi connectivity index (χ0) is 16.5. The highest BCUT2D eigenvalue weighted by atomic mass is 35.5. The summed E-state index contributed by atoms with van der Waals surface area (Å²) in [6.07, 6.45) is 3.71. The Labute approximate surface area is 144 Å². The van der Waals surface area contributed by atoms with Gasteiger partial charge in [-0.2, -0.15) is 0 Å². The average molecular weight is 332 g/mol. The third-order valence-corrected chi connectivity index (χ3v) is 4.05. The number of halogens is 1. The van der Waals surface area contributed by atoms with Gasteiger partial charge in [-0.25, -0.2) is 0 Å². The molecule has 3 heteroatoms. The first-order valence-corrected chi connectivity index (χ1v) is 8.74. The standard InChI is InChI=1S/C20H26ClNO/c1-3-4-5-12-22-14-18-13-19(21)10-11-20(18)23-15-17-8-6-16(2)7-9-17/h6-11,13,22H,3-5,12,14-15H2,1-2H3. The maximum atomic E-state index is 6.13. The Morgan fingerprint density at radius 3 is 2.57 bits per heavy atom. The first kappa shape index (κ1) is 17.8.